The molecule has 0 saturated carbocycles. The fraction of sp³-hybridized carbons (Fsp3) is 0.211. The van der Waals surface area contributed by atoms with Crippen LogP contribution < -0.4 is 15.5 Å². The first kappa shape index (κ1) is 20.3. The minimum absolute atomic E-state index is 0.0185. The Kier molecular flexibility index (Phi) is 5.55. The zero-order valence-corrected chi connectivity index (χ0v) is 16.5. The number of benzene rings is 2. The van der Waals surface area contributed by atoms with Gasteiger partial charge in [0.15, 0.2) is 15.6 Å². The Labute approximate surface area is 168 Å². The smallest absolute Gasteiger partial charge is 0.329 e. The molecule has 1 saturated heterocycles. The van der Waals surface area contributed by atoms with Crippen LogP contribution in [0.4, 0.5) is 16.2 Å². The first-order valence-electron chi connectivity index (χ1n) is 8.66. The number of nitrogens with zero attached hydrogens (tertiary/aromatic N) is 2. The van der Waals surface area contributed by atoms with Gasteiger partial charge in [-0.1, -0.05) is 0 Å². The number of carbonyl (C=O) groups is 2. The Morgan fingerprint density at radius 1 is 1.03 bits per heavy atom. The maximum absolute atomic E-state index is 12.8. The lowest BCUT2D eigenvalue weighted by Gasteiger charge is -2.19. The zero-order chi connectivity index (χ0) is 21.2. The number of rotatable bonds is 6. The molecule has 3 rings (SSSR count). The van der Waals surface area contributed by atoms with Crippen LogP contribution in [0, 0.1) is 5.41 Å². The van der Waals surface area contributed by atoms with Crippen LogP contribution in [0.5, 0.6) is 0 Å². The minimum Gasteiger partial charge on any atom is -0.468 e. The van der Waals surface area contributed by atoms with Gasteiger partial charge >= 0.3 is 12.0 Å². The van der Waals surface area contributed by atoms with E-state index in [1.807, 2.05) is 0 Å². The molecule has 10 heteroatoms. The highest BCUT2D eigenvalue weighted by Gasteiger charge is 2.31. The molecule has 2 aromatic rings. The molecule has 3 N–H and O–H groups in total. The Morgan fingerprint density at radius 3 is 1.97 bits per heavy atom. The largest absolute Gasteiger partial charge is 0.468 e. The monoisotopic (exact) mass is 416 g/mol. The van der Waals surface area contributed by atoms with Crippen molar-refractivity contribution in [3.05, 3.63) is 54.1 Å². The Bertz CT molecular complexity index is 1050. The van der Waals surface area contributed by atoms with Crippen LogP contribution in [0.2, 0.25) is 0 Å². The molecule has 1 aliphatic heterocycles. The maximum Gasteiger partial charge on any atom is 0.329 e. The van der Waals surface area contributed by atoms with Crippen molar-refractivity contribution >= 4 is 39.0 Å². The van der Waals surface area contributed by atoms with Gasteiger partial charge in [-0.2, -0.15) is 0 Å². The van der Waals surface area contributed by atoms with Gasteiger partial charge in [-0.25, -0.2) is 13.2 Å². The molecule has 1 fully saturated rings. The van der Waals surface area contributed by atoms with Crippen molar-refractivity contribution in [1.29, 1.82) is 5.41 Å². The van der Waals surface area contributed by atoms with Gasteiger partial charge in [0, 0.05) is 30.0 Å². The molecule has 0 radical (unpaired) electrons. The first-order chi connectivity index (χ1) is 13.7. The zero-order valence-electron chi connectivity index (χ0n) is 15.7. The number of carbonyl (C=O) groups excluding carboxylic acids is 2. The fourth-order valence-electron chi connectivity index (χ4n) is 2.97. The van der Waals surface area contributed by atoms with Crippen LogP contribution in [-0.2, 0) is 19.4 Å². The van der Waals surface area contributed by atoms with E-state index in [0.29, 0.717) is 30.0 Å². The number of nitrogens with one attached hydrogen (secondary N) is 1. The Hall–Kier alpha value is -3.40. The molecule has 0 atom stereocenters. The average Bonchev–Trinajstić information content (AvgIpc) is 3.09. The number of ether oxygens (including phenoxy) is 1. The summed E-state index contributed by atoms with van der Waals surface area (Å²) in [5, 5.41) is 7.43. The normalized spacial score (nSPS) is 14.2. The summed E-state index contributed by atoms with van der Waals surface area (Å²) < 4.78 is 28.8. The fourth-order valence-corrected chi connectivity index (χ4v) is 4.11. The number of nitrogen functional groups attached to an aromatic ring is 1. The lowest BCUT2D eigenvalue weighted by Crippen LogP contribution is -2.31. The SMILES string of the molecule is COC(=O)CS(=O)(=O)c1ccc(N2CCN(c3ccc(C(=N)N)cc3)C2=O)cc1. The third kappa shape index (κ3) is 4.21. The minimum atomic E-state index is -3.81. The number of hydrogen-bond acceptors (Lipinski definition) is 6. The van der Waals surface area contributed by atoms with Gasteiger partial charge in [0.05, 0.1) is 12.0 Å². The van der Waals surface area contributed by atoms with E-state index in [2.05, 4.69) is 4.74 Å². The van der Waals surface area contributed by atoms with Crippen molar-refractivity contribution in [3.8, 4) is 0 Å². The van der Waals surface area contributed by atoms with Crippen LogP contribution in [0.1, 0.15) is 5.56 Å². The number of amidine groups is 1. The molecule has 9 nitrogen and oxygen atoms in total. The van der Waals surface area contributed by atoms with E-state index in [1.54, 1.807) is 29.2 Å². The van der Waals surface area contributed by atoms with Crippen molar-refractivity contribution in [2.75, 3.05) is 35.8 Å². The molecule has 0 bridgehead atoms. The summed E-state index contributed by atoms with van der Waals surface area (Å²) >= 11 is 0. The molecular weight excluding hydrogens is 396 g/mol. The van der Waals surface area contributed by atoms with E-state index in [0.717, 1.165) is 7.11 Å². The molecule has 29 heavy (non-hydrogen) atoms. The van der Waals surface area contributed by atoms with E-state index >= 15 is 0 Å². The van der Waals surface area contributed by atoms with Gasteiger partial charge in [0.1, 0.15) is 5.84 Å². The highest BCUT2D eigenvalue weighted by molar-refractivity contribution is 7.92. The molecule has 0 aliphatic carbocycles. The summed E-state index contributed by atoms with van der Waals surface area (Å²) in [5.41, 5.74) is 7.25. The van der Waals surface area contributed by atoms with Gasteiger partial charge in [-0.15, -0.1) is 0 Å². The summed E-state index contributed by atoms with van der Waals surface area (Å²) in [7, 11) is -2.68. The van der Waals surface area contributed by atoms with Crippen LogP contribution in [-0.4, -0.2) is 52.2 Å². The summed E-state index contributed by atoms with van der Waals surface area (Å²) in [6.07, 6.45) is 0. The standard InChI is InChI=1S/C19H20N4O5S/c1-28-17(24)12-29(26,27)16-8-6-15(7-9-16)23-11-10-22(19(23)25)14-4-2-13(3-5-14)18(20)21/h2-9H,10-12H2,1H3,(H3,20,21). The van der Waals surface area contributed by atoms with Gasteiger partial charge in [0.2, 0.25) is 0 Å². The second kappa shape index (κ2) is 7.92. The molecule has 1 heterocycles. The molecule has 1 aliphatic rings. The van der Waals surface area contributed by atoms with Crippen molar-refractivity contribution in [3.63, 3.8) is 0 Å². The highest BCUT2D eigenvalue weighted by atomic mass is 32.2. The van der Waals surface area contributed by atoms with Gasteiger partial charge in [-0.05, 0) is 48.5 Å². The van der Waals surface area contributed by atoms with Crippen molar-refractivity contribution in [2.45, 2.75) is 4.90 Å². The number of nitrogens with two attached hydrogens (primary N) is 1. The number of amides is 2. The lowest BCUT2D eigenvalue weighted by atomic mass is 10.2. The van der Waals surface area contributed by atoms with E-state index in [4.69, 9.17) is 11.1 Å². The highest BCUT2D eigenvalue weighted by Crippen LogP contribution is 2.26. The second-order valence-electron chi connectivity index (χ2n) is 6.38. The van der Waals surface area contributed by atoms with Crippen LogP contribution in [0.3, 0.4) is 0 Å². The molecular formula is C19H20N4O5S. The number of methoxy groups -OCH3 is 1. The van der Waals surface area contributed by atoms with Crippen LogP contribution in [0.25, 0.3) is 0 Å². The number of sulfone groups is 1. The molecule has 2 aromatic carbocycles. The summed E-state index contributed by atoms with van der Waals surface area (Å²) in [6, 6.07) is 12.3. The first-order valence-corrected chi connectivity index (χ1v) is 10.3. The van der Waals surface area contributed by atoms with Gasteiger partial charge in [0.25, 0.3) is 0 Å². The second-order valence-corrected chi connectivity index (χ2v) is 8.37. The quantitative estimate of drug-likeness (QED) is 0.415. The third-order valence-electron chi connectivity index (χ3n) is 4.54. The van der Waals surface area contributed by atoms with Gasteiger partial charge < -0.3 is 10.5 Å². The summed E-state index contributed by atoms with van der Waals surface area (Å²) in [5.74, 6) is -1.63. The van der Waals surface area contributed by atoms with Crippen molar-refractivity contribution in [2.24, 2.45) is 5.73 Å². The molecule has 2 amide bonds. The predicted octanol–water partition coefficient (Wildman–Crippen LogP) is 1.36. The Balaban J connectivity index is 1.76. The topological polar surface area (TPSA) is 134 Å². The lowest BCUT2D eigenvalue weighted by molar-refractivity contribution is -0.137. The predicted molar refractivity (Wildman–Crippen MR) is 108 cm³/mol. The molecule has 0 spiro atoms. The van der Waals surface area contributed by atoms with Crippen LogP contribution in [0.15, 0.2) is 53.4 Å². The summed E-state index contributed by atoms with van der Waals surface area (Å²) in [6.45, 7) is 0.891. The van der Waals surface area contributed by atoms with E-state index < -0.39 is 21.6 Å². The molecule has 0 unspecified atom stereocenters. The third-order valence-corrected chi connectivity index (χ3v) is 6.15. The number of anilines is 2. The molecule has 152 valence electrons. The van der Waals surface area contributed by atoms with Gasteiger partial charge in [-0.3, -0.25) is 20.0 Å². The average molecular weight is 416 g/mol. The molecule has 0 aromatic heterocycles. The number of hydrogen-bond donors (Lipinski definition) is 2. The van der Waals surface area contributed by atoms with E-state index in [1.165, 1.54) is 29.2 Å². The van der Waals surface area contributed by atoms with Crippen molar-refractivity contribution in [1.82, 2.24) is 0 Å². The Morgan fingerprint density at radius 2 is 1.52 bits per heavy atom. The van der Waals surface area contributed by atoms with E-state index in [-0.39, 0.29) is 16.8 Å². The van der Waals surface area contributed by atoms with Crippen molar-refractivity contribution < 1.29 is 22.7 Å². The van der Waals surface area contributed by atoms with E-state index in [9.17, 15) is 18.0 Å². The number of esters is 1. The number of urea groups is 1. The maximum atomic E-state index is 12.8. The van der Waals surface area contributed by atoms with Crippen LogP contribution >= 0.6 is 0 Å². The summed E-state index contributed by atoms with van der Waals surface area (Å²) in [4.78, 5) is 27.2.